The first kappa shape index (κ1) is 30.2. The number of nitrogens with one attached hydrogen (secondary N) is 1. The van der Waals surface area contributed by atoms with Gasteiger partial charge >= 0.3 is 6.18 Å². The summed E-state index contributed by atoms with van der Waals surface area (Å²) in [6.07, 6.45) is -4.71. The van der Waals surface area contributed by atoms with Crippen molar-refractivity contribution >= 4 is 44.3 Å². The van der Waals surface area contributed by atoms with Crippen molar-refractivity contribution in [3.63, 3.8) is 0 Å². The Labute approximate surface area is 244 Å². The molecule has 0 saturated heterocycles. The van der Waals surface area contributed by atoms with Gasteiger partial charge in [0.05, 0.1) is 34.7 Å². The number of halogens is 4. The summed E-state index contributed by atoms with van der Waals surface area (Å²) >= 11 is 3.31. The van der Waals surface area contributed by atoms with Crippen LogP contribution in [-0.4, -0.2) is 70.6 Å². The number of hydrogen-bond donors (Lipinski definition) is 1. The van der Waals surface area contributed by atoms with Crippen molar-refractivity contribution in [1.82, 2.24) is 24.6 Å². The molecule has 0 spiro atoms. The minimum absolute atomic E-state index is 0.0585. The fraction of sp³-hybridized carbons (Fsp3) is 0.310. The molecule has 4 aromatic rings. The quantitative estimate of drug-likeness (QED) is 0.267. The number of rotatable bonds is 8. The fourth-order valence-electron chi connectivity index (χ4n) is 4.34. The number of likely N-dealkylation sites (N-methyl/N-ethyl adjacent to an activating group) is 2. The minimum Gasteiger partial charge on any atom is -0.340 e. The summed E-state index contributed by atoms with van der Waals surface area (Å²) in [5.41, 5.74) is 1.79. The third-order valence-corrected chi connectivity index (χ3v) is 7.18. The van der Waals surface area contributed by atoms with Gasteiger partial charge in [-0.25, -0.2) is 4.98 Å². The van der Waals surface area contributed by atoms with Crippen LogP contribution in [0.25, 0.3) is 10.9 Å². The van der Waals surface area contributed by atoms with Gasteiger partial charge in [0.2, 0.25) is 0 Å². The molecule has 0 saturated carbocycles. The Hall–Kier alpha value is -3.77. The molecule has 0 atom stereocenters. The summed E-state index contributed by atoms with van der Waals surface area (Å²) in [7, 11) is 5.67. The zero-order chi connectivity index (χ0) is 30.1. The number of carbonyl (C=O) groups is 2. The third kappa shape index (κ3) is 6.94. The number of fused-ring (bicyclic) bond motifs is 1. The van der Waals surface area contributed by atoms with Crippen LogP contribution in [0.1, 0.15) is 43.4 Å². The van der Waals surface area contributed by atoms with E-state index in [-0.39, 0.29) is 22.4 Å². The molecule has 12 heteroatoms. The van der Waals surface area contributed by atoms with Crippen LogP contribution in [0, 0.1) is 13.8 Å². The summed E-state index contributed by atoms with van der Waals surface area (Å²) in [5.74, 6) is -0.771. The molecule has 0 aliphatic rings. The van der Waals surface area contributed by atoms with E-state index in [0.29, 0.717) is 40.2 Å². The van der Waals surface area contributed by atoms with Gasteiger partial charge in [0.1, 0.15) is 5.69 Å². The predicted molar refractivity (Wildman–Crippen MR) is 155 cm³/mol. The van der Waals surface area contributed by atoms with E-state index in [1.807, 2.05) is 31.1 Å². The topological polar surface area (TPSA) is 83.4 Å². The molecular formula is C29H30BrF3N6O2. The lowest BCUT2D eigenvalue weighted by atomic mass is 10.1. The molecular weight excluding hydrogens is 601 g/mol. The van der Waals surface area contributed by atoms with Gasteiger partial charge in [-0.2, -0.15) is 18.3 Å². The molecule has 4 rings (SSSR count). The van der Waals surface area contributed by atoms with E-state index in [1.165, 1.54) is 6.07 Å². The summed E-state index contributed by atoms with van der Waals surface area (Å²) in [4.78, 5) is 33.4. The van der Waals surface area contributed by atoms with Crippen LogP contribution in [-0.2, 0) is 12.7 Å². The van der Waals surface area contributed by atoms with Crippen LogP contribution in [0.15, 0.2) is 53.0 Å². The van der Waals surface area contributed by atoms with Gasteiger partial charge in [0, 0.05) is 35.6 Å². The van der Waals surface area contributed by atoms with Crippen molar-refractivity contribution in [2.45, 2.75) is 26.6 Å². The lowest BCUT2D eigenvalue weighted by Gasteiger charge is -2.19. The van der Waals surface area contributed by atoms with Gasteiger partial charge in [0.15, 0.2) is 0 Å². The number of carbonyl (C=O) groups excluding carboxylic acids is 2. The molecule has 0 bridgehead atoms. The van der Waals surface area contributed by atoms with Gasteiger partial charge in [-0.1, -0.05) is 28.1 Å². The Kier molecular flexibility index (Phi) is 8.83. The number of nitrogens with zero attached hydrogens (tertiary/aromatic N) is 5. The molecule has 41 heavy (non-hydrogen) atoms. The Morgan fingerprint density at radius 3 is 2.32 bits per heavy atom. The molecule has 0 unspecified atom stereocenters. The lowest BCUT2D eigenvalue weighted by Crippen LogP contribution is -2.33. The maximum absolute atomic E-state index is 13.5. The number of benzene rings is 2. The Balaban J connectivity index is 1.55. The van der Waals surface area contributed by atoms with Crippen molar-refractivity contribution in [3.05, 3.63) is 86.8 Å². The molecule has 0 aliphatic carbocycles. The van der Waals surface area contributed by atoms with E-state index in [4.69, 9.17) is 0 Å². The first-order chi connectivity index (χ1) is 19.2. The molecule has 0 radical (unpaired) electrons. The standard InChI is InChI=1S/C29H30BrF3N6O2/c1-17-26(35-27(40)23-15-25(29(31,32)33)34-24-11-10-21(30)14-22(23)24)18(2)39(36-17)16-19-6-8-20(9-7-19)28(41)38(5)13-12-37(3)4/h6-11,14-15H,12-13,16H2,1-5H3,(H,35,40). The smallest absolute Gasteiger partial charge is 0.340 e. The van der Waals surface area contributed by atoms with E-state index in [0.717, 1.165) is 18.2 Å². The number of alkyl halides is 3. The highest BCUT2D eigenvalue weighted by atomic mass is 79.9. The molecule has 2 aromatic heterocycles. The summed E-state index contributed by atoms with van der Waals surface area (Å²) < 4.78 is 42.9. The molecule has 2 aromatic carbocycles. The van der Waals surface area contributed by atoms with Crippen molar-refractivity contribution in [2.75, 3.05) is 39.5 Å². The van der Waals surface area contributed by atoms with Crippen LogP contribution < -0.4 is 5.32 Å². The summed E-state index contributed by atoms with van der Waals surface area (Å²) in [5, 5.41) is 7.58. The summed E-state index contributed by atoms with van der Waals surface area (Å²) in [6.45, 7) is 5.23. The first-order valence-electron chi connectivity index (χ1n) is 12.8. The molecule has 1 N–H and O–H groups in total. The van der Waals surface area contributed by atoms with Gasteiger partial charge < -0.3 is 15.1 Å². The second kappa shape index (κ2) is 12.0. The highest BCUT2D eigenvalue weighted by molar-refractivity contribution is 9.10. The molecule has 0 aliphatic heterocycles. The maximum atomic E-state index is 13.5. The second-order valence-electron chi connectivity index (χ2n) is 10.1. The lowest BCUT2D eigenvalue weighted by molar-refractivity contribution is -0.141. The largest absolute Gasteiger partial charge is 0.433 e. The van der Waals surface area contributed by atoms with Crippen LogP contribution >= 0.6 is 15.9 Å². The van der Waals surface area contributed by atoms with Crippen molar-refractivity contribution in [3.8, 4) is 0 Å². The number of amides is 2. The van der Waals surface area contributed by atoms with E-state index in [1.54, 1.807) is 54.7 Å². The highest BCUT2D eigenvalue weighted by Gasteiger charge is 2.34. The molecule has 0 fully saturated rings. The van der Waals surface area contributed by atoms with Crippen molar-refractivity contribution < 1.29 is 22.8 Å². The minimum atomic E-state index is -4.71. The average molecular weight is 631 g/mol. The number of anilines is 1. The number of pyridine rings is 1. The van der Waals surface area contributed by atoms with Crippen molar-refractivity contribution in [1.29, 1.82) is 0 Å². The van der Waals surface area contributed by atoms with E-state index >= 15 is 0 Å². The molecule has 8 nitrogen and oxygen atoms in total. The highest BCUT2D eigenvalue weighted by Crippen LogP contribution is 2.32. The third-order valence-electron chi connectivity index (χ3n) is 6.69. The molecule has 216 valence electrons. The molecule has 2 heterocycles. The van der Waals surface area contributed by atoms with Crippen molar-refractivity contribution in [2.24, 2.45) is 0 Å². The zero-order valence-electron chi connectivity index (χ0n) is 23.3. The van der Waals surface area contributed by atoms with Gasteiger partial charge in [-0.15, -0.1) is 0 Å². The Morgan fingerprint density at radius 1 is 1.00 bits per heavy atom. The predicted octanol–water partition coefficient (Wildman–Crippen LogP) is 5.76. The Morgan fingerprint density at radius 2 is 1.68 bits per heavy atom. The van der Waals surface area contributed by atoms with Crippen LogP contribution in [0.5, 0.6) is 0 Å². The number of aryl methyl sites for hydroxylation is 1. The summed E-state index contributed by atoms with van der Waals surface area (Å²) in [6, 6.07) is 12.6. The average Bonchev–Trinajstić information content (AvgIpc) is 3.17. The fourth-order valence-corrected chi connectivity index (χ4v) is 4.70. The normalized spacial score (nSPS) is 11.8. The van der Waals surface area contributed by atoms with E-state index < -0.39 is 17.8 Å². The number of hydrogen-bond acceptors (Lipinski definition) is 5. The van der Waals surface area contributed by atoms with Crippen LogP contribution in [0.3, 0.4) is 0 Å². The van der Waals surface area contributed by atoms with Gasteiger partial charge in [-0.3, -0.25) is 14.3 Å². The monoisotopic (exact) mass is 630 g/mol. The number of aromatic nitrogens is 3. The Bertz CT molecular complexity index is 1600. The maximum Gasteiger partial charge on any atom is 0.433 e. The second-order valence-corrected chi connectivity index (χ2v) is 11.0. The first-order valence-corrected chi connectivity index (χ1v) is 13.6. The van der Waals surface area contributed by atoms with Crippen LogP contribution in [0.2, 0.25) is 0 Å². The van der Waals surface area contributed by atoms with E-state index in [2.05, 4.69) is 31.3 Å². The van der Waals surface area contributed by atoms with Gasteiger partial charge in [0.25, 0.3) is 11.8 Å². The van der Waals surface area contributed by atoms with Gasteiger partial charge in [-0.05, 0) is 69.9 Å². The molecule has 2 amide bonds. The van der Waals surface area contributed by atoms with Crippen LogP contribution in [0.4, 0.5) is 18.9 Å². The van der Waals surface area contributed by atoms with E-state index in [9.17, 15) is 22.8 Å². The zero-order valence-corrected chi connectivity index (χ0v) is 24.9. The SMILES string of the molecule is Cc1nn(Cc2ccc(C(=O)N(C)CCN(C)C)cc2)c(C)c1NC(=O)c1cc(C(F)(F)F)nc2ccc(Br)cc12.